The molecule has 118 valence electrons. The largest absolute Gasteiger partial charge is 0.377 e. The number of halogens is 2. The summed E-state index contributed by atoms with van der Waals surface area (Å²) in [5, 5.41) is 0. The molecule has 0 saturated carbocycles. The van der Waals surface area contributed by atoms with Gasteiger partial charge in [0.2, 0.25) is 10.0 Å². The molecule has 0 unspecified atom stereocenters. The topological polar surface area (TPSA) is 89.5 Å². The number of sulfonamides is 1. The molecule has 0 amide bonds. The Balaban J connectivity index is 2.29. The Labute approximate surface area is 121 Å². The van der Waals surface area contributed by atoms with E-state index in [9.17, 15) is 25.6 Å². The highest BCUT2D eigenvalue weighted by Crippen LogP contribution is 2.23. The highest BCUT2D eigenvalue weighted by molar-refractivity contribution is 7.91. The van der Waals surface area contributed by atoms with E-state index in [0.29, 0.717) is 12.1 Å². The van der Waals surface area contributed by atoms with Gasteiger partial charge >= 0.3 is 0 Å². The van der Waals surface area contributed by atoms with Crippen molar-refractivity contribution in [2.24, 2.45) is 0 Å². The van der Waals surface area contributed by atoms with E-state index < -0.39 is 47.7 Å². The summed E-state index contributed by atoms with van der Waals surface area (Å²) < 4.78 is 80.0. The molecule has 0 bridgehead atoms. The molecule has 1 N–H and O–H groups in total. The minimum atomic E-state index is -4.19. The zero-order valence-corrected chi connectivity index (χ0v) is 12.6. The lowest BCUT2D eigenvalue weighted by Crippen LogP contribution is -2.65. The van der Waals surface area contributed by atoms with Gasteiger partial charge < -0.3 is 4.74 Å². The molecule has 0 aliphatic carbocycles. The predicted molar refractivity (Wildman–Crippen MR) is 69.9 cm³/mol. The van der Waals surface area contributed by atoms with Gasteiger partial charge in [-0.15, -0.1) is 0 Å². The van der Waals surface area contributed by atoms with Crippen LogP contribution >= 0.6 is 0 Å². The Hall–Kier alpha value is -1.10. The monoisotopic (exact) mass is 341 g/mol. The molecule has 10 heteroatoms. The van der Waals surface area contributed by atoms with Crippen molar-refractivity contribution in [2.75, 3.05) is 25.2 Å². The lowest BCUT2D eigenvalue weighted by Gasteiger charge is -2.40. The third-order valence-corrected chi connectivity index (χ3v) is 5.50. The number of hydrogen-bond acceptors (Lipinski definition) is 5. The molecular weight excluding hydrogens is 328 g/mol. The van der Waals surface area contributed by atoms with Crippen molar-refractivity contribution in [1.29, 1.82) is 0 Å². The van der Waals surface area contributed by atoms with Gasteiger partial charge in [0.05, 0.1) is 29.4 Å². The van der Waals surface area contributed by atoms with Crippen molar-refractivity contribution in [2.45, 2.75) is 10.4 Å². The first kappa shape index (κ1) is 16.3. The first-order valence-electron chi connectivity index (χ1n) is 5.78. The summed E-state index contributed by atoms with van der Waals surface area (Å²) in [6, 6.07) is 2.12. The summed E-state index contributed by atoms with van der Waals surface area (Å²) in [5.41, 5.74) is -1.28. The van der Waals surface area contributed by atoms with E-state index in [1.807, 2.05) is 0 Å². The van der Waals surface area contributed by atoms with E-state index in [2.05, 4.69) is 4.72 Å². The molecule has 21 heavy (non-hydrogen) atoms. The maximum Gasteiger partial charge on any atom is 0.241 e. The zero-order chi connectivity index (χ0) is 15.9. The number of ether oxygens (including phenoxy) is 1. The van der Waals surface area contributed by atoms with E-state index in [0.717, 1.165) is 12.3 Å². The van der Waals surface area contributed by atoms with Crippen LogP contribution in [0.25, 0.3) is 0 Å². The summed E-state index contributed by atoms with van der Waals surface area (Å²) >= 11 is 0. The lowest BCUT2D eigenvalue weighted by atomic mass is 10.0. The van der Waals surface area contributed by atoms with Crippen molar-refractivity contribution >= 4 is 19.9 Å². The minimum absolute atomic E-state index is 0.108. The summed E-state index contributed by atoms with van der Waals surface area (Å²) in [6.45, 7) is -0.216. The second kappa shape index (κ2) is 5.27. The van der Waals surface area contributed by atoms with Gasteiger partial charge in [0, 0.05) is 6.26 Å². The van der Waals surface area contributed by atoms with Crippen LogP contribution in [0.5, 0.6) is 0 Å². The van der Waals surface area contributed by atoms with Gasteiger partial charge in [0.1, 0.15) is 9.84 Å². The fourth-order valence-electron chi connectivity index (χ4n) is 2.01. The van der Waals surface area contributed by atoms with Gasteiger partial charge in [-0.3, -0.25) is 0 Å². The second-order valence-electron chi connectivity index (χ2n) is 5.02. The molecule has 6 nitrogen and oxygen atoms in total. The Bertz CT molecular complexity index is 757. The van der Waals surface area contributed by atoms with Crippen LogP contribution in [0.2, 0.25) is 0 Å². The van der Waals surface area contributed by atoms with Gasteiger partial charge in [0.15, 0.2) is 11.6 Å². The summed E-state index contributed by atoms with van der Waals surface area (Å²) in [4.78, 5) is -0.485. The van der Waals surface area contributed by atoms with E-state index in [4.69, 9.17) is 4.74 Å². The summed E-state index contributed by atoms with van der Waals surface area (Å²) in [6.07, 6.45) is 0.971. The Kier molecular flexibility index (Phi) is 4.08. The molecule has 0 atom stereocenters. The Morgan fingerprint density at radius 3 is 2.24 bits per heavy atom. The second-order valence-corrected chi connectivity index (χ2v) is 8.85. The number of nitrogens with one attached hydrogen (secondary N) is 1. The van der Waals surface area contributed by atoms with E-state index >= 15 is 0 Å². The zero-order valence-electron chi connectivity index (χ0n) is 11.0. The van der Waals surface area contributed by atoms with Crippen LogP contribution in [0.3, 0.4) is 0 Å². The number of rotatable bonds is 5. The molecule has 1 aliphatic rings. The maximum atomic E-state index is 13.1. The van der Waals surface area contributed by atoms with Crippen LogP contribution in [0.15, 0.2) is 23.1 Å². The molecule has 1 saturated heterocycles. The molecule has 1 fully saturated rings. The quantitative estimate of drug-likeness (QED) is 0.818. The van der Waals surface area contributed by atoms with E-state index in [1.54, 1.807) is 0 Å². The number of benzene rings is 1. The van der Waals surface area contributed by atoms with Crippen molar-refractivity contribution in [3.8, 4) is 0 Å². The summed E-state index contributed by atoms with van der Waals surface area (Å²) in [5.74, 6) is -2.92. The molecule has 1 aromatic rings. The van der Waals surface area contributed by atoms with Gasteiger partial charge in [-0.1, -0.05) is 0 Å². The Morgan fingerprint density at radius 2 is 1.81 bits per heavy atom. The molecule has 0 spiro atoms. The van der Waals surface area contributed by atoms with Crippen molar-refractivity contribution in [1.82, 2.24) is 4.72 Å². The van der Waals surface area contributed by atoms with Crippen LogP contribution in [-0.4, -0.2) is 47.6 Å². The van der Waals surface area contributed by atoms with Crippen LogP contribution in [0, 0.1) is 11.6 Å². The van der Waals surface area contributed by atoms with Crippen LogP contribution in [-0.2, 0) is 24.6 Å². The fraction of sp³-hybridized carbons (Fsp3) is 0.455. The molecule has 1 aliphatic heterocycles. The Morgan fingerprint density at radius 1 is 1.19 bits per heavy atom. The van der Waals surface area contributed by atoms with Gasteiger partial charge in [-0.25, -0.2) is 25.6 Å². The van der Waals surface area contributed by atoms with Crippen molar-refractivity contribution in [3.63, 3.8) is 0 Å². The van der Waals surface area contributed by atoms with Crippen LogP contribution < -0.4 is 4.72 Å². The molecule has 0 radical (unpaired) electrons. The first-order chi connectivity index (χ1) is 9.53. The summed E-state index contributed by atoms with van der Waals surface area (Å²) in [7, 11) is -7.64. The van der Waals surface area contributed by atoms with Crippen molar-refractivity contribution < 1.29 is 30.4 Å². The molecule has 0 aromatic heterocycles. The van der Waals surface area contributed by atoms with Gasteiger partial charge in [-0.2, -0.15) is 4.72 Å². The molecule has 1 aromatic carbocycles. The third-order valence-electron chi connectivity index (χ3n) is 2.85. The molecule has 2 rings (SSSR count). The molecular formula is C11H13F2NO5S2. The van der Waals surface area contributed by atoms with Crippen LogP contribution in [0.1, 0.15) is 0 Å². The third kappa shape index (κ3) is 3.76. The van der Waals surface area contributed by atoms with E-state index in [1.165, 1.54) is 0 Å². The fourth-order valence-corrected chi connectivity index (χ4v) is 4.73. The minimum Gasteiger partial charge on any atom is -0.377 e. The highest BCUT2D eigenvalue weighted by atomic mass is 32.2. The predicted octanol–water partition coefficient (Wildman–Crippen LogP) is 0.0567. The highest BCUT2D eigenvalue weighted by Gasteiger charge is 2.45. The number of sulfone groups is 1. The SMILES string of the molecule is CS(=O)(=O)CC1(NS(=O)(=O)c2ccc(F)c(F)c2)COC1. The normalized spacial score (nSPS) is 18.2. The number of hydrogen-bond donors (Lipinski definition) is 1. The van der Waals surface area contributed by atoms with Crippen molar-refractivity contribution in [3.05, 3.63) is 29.8 Å². The van der Waals surface area contributed by atoms with E-state index in [-0.39, 0.29) is 13.2 Å². The van der Waals surface area contributed by atoms with Gasteiger partial charge in [-0.05, 0) is 18.2 Å². The first-order valence-corrected chi connectivity index (χ1v) is 9.32. The lowest BCUT2D eigenvalue weighted by molar-refractivity contribution is -0.0503. The van der Waals surface area contributed by atoms with Crippen LogP contribution in [0.4, 0.5) is 8.78 Å². The average Bonchev–Trinajstić information content (AvgIpc) is 2.27. The standard InChI is InChI=1S/C11H13F2NO5S2/c1-20(15,16)7-11(5-19-6-11)14-21(17,18)8-2-3-9(12)10(13)4-8/h2-4,14H,5-7H2,1H3. The maximum absolute atomic E-state index is 13.1. The van der Waals surface area contributed by atoms with Gasteiger partial charge in [0.25, 0.3) is 0 Å². The smallest absolute Gasteiger partial charge is 0.241 e. The average molecular weight is 341 g/mol. The molecule has 1 heterocycles.